The second kappa shape index (κ2) is 6.46. The molecule has 3 nitrogen and oxygen atoms in total. The van der Waals surface area contributed by atoms with E-state index in [1.807, 2.05) is 0 Å². The maximum absolute atomic E-state index is 4.86. The molecule has 0 aromatic carbocycles. The number of unbranched alkanes of at least 4 members (excludes halogenated alkanes) is 2. The van der Waals surface area contributed by atoms with E-state index < -0.39 is 0 Å². The Morgan fingerprint density at radius 2 is 1.86 bits per heavy atom. The number of hydrogen-bond donors (Lipinski definition) is 0. The summed E-state index contributed by atoms with van der Waals surface area (Å²) in [5.41, 5.74) is 1.12. The van der Waals surface area contributed by atoms with Gasteiger partial charge < -0.3 is 9.42 Å². The standard InChI is InChI=1S/C11H20N2O/c1-3-5-7-13(8-6-4-2)11-9-12-14-10-11/h9-10H,3-8H2,1-2H3. The maximum Gasteiger partial charge on any atom is 0.147 e. The second-order valence-electron chi connectivity index (χ2n) is 3.58. The molecular weight excluding hydrogens is 176 g/mol. The van der Waals surface area contributed by atoms with Crippen molar-refractivity contribution in [2.45, 2.75) is 39.5 Å². The molecule has 0 amide bonds. The van der Waals surface area contributed by atoms with Crippen molar-refractivity contribution in [2.24, 2.45) is 0 Å². The number of rotatable bonds is 7. The summed E-state index contributed by atoms with van der Waals surface area (Å²) in [6.07, 6.45) is 8.45. The van der Waals surface area contributed by atoms with Crippen molar-refractivity contribution in [3.05, 3.63) is 12.5 Å². The number of nitrogens with zero attached hydrogens (tertiary/aromatic N) is 2. The molecule has 0 N–H and O–H groups in total. The van der Waals surface area contributed by atoms with Gasteiger partial charge in [0, 0.05) is 13.1 Å². The predicted molar refractivity (Wildman–Crippen MR) is 58.5 cm³/mol. The Bertz CT molecular complexity index is 213. The lowest BCUT2D eigenvalue weighted by atomic mass is 10.2. The quantitative estimate of drug-likeness (QED) is 0.671. The van der Waals surface area contributed by atoms with Crippen LogP contribution in [0.15, 0.2) is 17.0 Å². The van der Waals surface area contributed by atoms with Crippen molar-refractivity contribution in [3.63, 3.8) is 0 Å². The minimum Gasteiger partial charge on any atom is -0.368 e. The minimum atomic E-state index is 1.11. The van der Waals surface area contributed by atoms with Crippen molar-refractivity contribution >= 4 is 5.69 Å². The molecule has 0 bridgehead atoms. The molecular formula is C11H20N2O. The molecule has 0 saturated heterocycles. The Labute approximate surface area is 86.1 Å². The molecule has 0 atom stereocenters. The van der Waals surface area contributed by atoms with E-state index in [4.69, 9.17) is 4.52 Å². The SMILES string of the molecule is CCCCN(CCCC)c1cnoc1. The van der Waals surface area contributed by atoms with Crippen LogP contribution in [0.4, 0.5) is 5.69 Å². The molecule has 0 aliphatic carbocycles. The fraction of sp³-hybridized carbons (Fsp3) is 0.727. The van der Waals surface area contributed by atoms with Gasteiger partial charge in [0.2, 0.25) is 0 Å². The Balaban J connectivity index is 2.44. The van der Waals surface area contributed by atoms with E-state index in [1.165, 1.54) is 25.7 Å². The van der Waals surface area contributed by atoms with Crippen LogP contribution in [0.2, 0.25) is 0 Å². The monoisotopic (exact) mass is 196 g/mol. The first-order chi connectivity index (χ1) is 6.88. The summed E-state index contributed by atoms with van der Waals surface area (Å²) in [5, 5.41) is 3.74. The summed E-state index contributed by atoms with van der Waals surface area (Å²) in [7, 11) is 0. The van der Waals surface area contributed by atoms with Crippen molar-refractivity contribution in [2.75, 3.05) is 18.0 Å². The average Bonchev–Trinajstić information content (AvgIpc) is 2.71. The molecule has 0 unspecified atom stereocenters. The summed E-state index contributed by atoms with van der Waals surface area (Å²) in [4.78, 5) is 2.35. The third-order valence-electron chi connectivity index (χ3n) is 2.35. The molecule has 1 aromatic heterocycles. The van der Waals surface area contributed by atoms with Gasteiger partial charge in [0.1, 0.15) is 6.26 Å². The molecule has 1 aromatic rings. The van der Waals surface area contributed by atoms with Gasteiger partial charge in [0.05, 0.1) is 11.9 Å². The van der Waals surface area contributed by atoms with Crippen molar-refractivity contribution in [1.82, 2.24) is 5.16 Å². The lowest BCUT2D eigenvalue weighted by Crippen LogP contribution is -2.25. The van der Waals surface area contributed by atoms with Crippen LogP contribution in [-0.2, 0) is 0 Å². The van der Waals surface area contributed by atoms with Gasteiger partial charge in [-0.1, -0.05) is 31.8 Å². The van der Waals surface area contributed by atoms with Crippen LogP contribution in [0.25, 0.3) is 0 Å². The largest absolute Gasteiger partial charge is 0.368 e. The summed E-state index contributed by atoms with van der Waals surface area (Å²) in [6.45, 7) is 6.65. The Morgan fingerprint density at radius 3 is 2.29 bits per heavy atom. The topological polar surface area (TPSA) is 29.3 Å². The van der Waals surface area contributed by atoms with Crippen LogP contribution in [0.1, 0.15) is 39.5 Å². The smallest absolute Gasteiger partial charge is 0.147 e. The average molecular weight is 196 g/mol. The van der Waals surface area contributed by atoms with E-state index >= 15 is 0 Å². The highest BCUT2D eigenvalue weighted by Crippen LogP contribution is 2.14. The molecule has 0 spiro atoms. The van der Waals surface area contributed by atoms with Gasteiger partial charge >= 0.3 is 0 Å². The van der Waals surface area contributed by atoms with Crippen LogP contribution in [-0.4, -0.2) is 18.2 Å². The molecule has 0 saturated carbocycles. The molecule has 14 heavy (non-hydrogen) atoms. The molecule has 0 aliphatic heterocycles. The van der Waals surface area contributed by atoms with Gasteiger partial charge in [-0.3, -0.25) is 0 Å². The number of anilines is 1. The third-order valence-corrected chi connectivity index (χ3v) is 2.35. The van der Waals surface area contributed by atoms with Crippen molar-refractivity contribution in [3.8, 4) is 0 Å². The van der Waals surface area contributed by atoms with Crippen LogP contribution in [0.3, 0.4) is 0 Å². The van der Waals surface area contributed by atoms with Gasteiger partial charge in [0.25, 0.3) is 0 Å². The van der Waals surface area contributed by atoms with Gasteiger partial charge in [-0.15, -0.1) is 0 Å². The van der Waals surface area contributed by atoms with Crippen LogP contribution in [0, 0.1) is 0 Å². The molecule has 3 heteroatoms. The van der Waals surface area contributed by atoms with Crippen molar-refractivity contribution in [1.29, 1.82) is 0 Å². The van der Waals surface area contributed by atoms with Crippen LogP contribution >= 0.6 is 0 Å². The first kappa shape index (κ1) is 11.1. The molecule has 0 aliphatic rings. The molecule has 1 rings (SSSR count). The van der Waals surface area contributed by atoms with E-state index in [2.05, 4.69) is 23.9 Å². The van der Waals surface area contributed by atoms with Crippen LogP contribution < -0.4 is 4.90 Å². The van der Waals surface area contributed by atoms with Crippen LogP contribution in [0.5, 0.6) is 0 Å². The zero-order chi connectivity index (χ0) is 10.2. The lowest BCUT2D eigenvalue weighted by Gasteiger charge is -2.21. The molecule has 0 radical (unpaired) electrons. The van der Waals surface area contributed by atoms with E-state index in [9.17, 15) is 0 Å². The van der Waals surface area contributed by atoms with Gasteiger partial charge in [-0.2, -0.15) is 0 Å². The summed E-state index contributed by atoms with van der Waals surface area (Å²) in [6, 6.07) is 0. The van der Waals surface area contributed by atoms with Crippen molar-refractivity contribution < 1.29 is 4.52 Å². The zero-order valence-corrected chi connectivity index (χ0v) is 9.20. The first-order valence-electron chi connectivity index (χ1n) is 5.52. The number of aromatic nitrogens is 1. The summed E-state index contributed by atoms with van der Waals surface area (Å²) >= 11 is 0. The molecule has 1 heterocycles. The maximum atomic E-state index is 4.86. The fourth-order valence-electron chi connectivity index (χ4n) is 1.42. The van der Waals surface area contributed by atoms with E-state index in [-0.39, 0.29) is 0 Å². The van der Waals surface area contributed by atoms with Gasteiger partial charge in [0.15, 0.2) is 0 Å². The van der Waals surface area contributed by atoms with E-state index in [0.29, 0.717) is 0 Å². The Morgan fingerprint density at radius 1 is 1.21 bits per heavy atom. The fourth-order valence-corrected chi connectivity index (χ4v) is 1.42. The summed E-state index contributed by atoms with van der Waals surface area (Å²) in [5.74, 6) is 0. The Kier molecular flexibility index (Phi) is 5.12. The predicted octanol–water partition coefficient (Wildman–Crippen LogP) is 3.08. The normalized spacial score (nSPS) is 10.4. The first-order valence-corrected chi connectivity index (χ1v) is 5.52. The molecule has 0 fully saturated rings. The highest BCUT2D eigenvalue weighted by Gasteiger charge is 2.06. The van der Waals surface area contributed by atoms with Gasteiger partial charge in [-0.25, -0.2) is 0 Å². The number of hydrogen-bond acceptors (Lipinski definition) is 3. The third kappa shape index (κ3) is 3.40. The van der Waals surface area contributed by atoms with E-state index in [0.717, 1.165) is 18.8 Å². The Hall–Kier alpha value is -0.990. The highest BCUT2D eigenvalue weighted by atomic mass is 16.5. The second-order valence-corrected chi connectivity index (χ2v) is 3.58. The molecule has 80 valence electrons. The summed E-state index contributed by atoms with van der Waals surface area (Å²) < 4.78 is 4.86. The highest BCUT2D eigenvalue weighted by molar-refractivity contribution is 5.40. The lowest BCUT2D eigenvalue weighted by molar-refractivity contribution is 0.419. The van der Waals surface area contributed by atoms with Gasteiger partial charge in [-0.05, 0) is 12.8 Å². The minimum absolute atomic E-state index is 1.11. The zero-order valence-electron chi connectivity index (χ0n) is 9.20. The van der Waals surface area contributed by atoms with E-state index in [1.54, 1.807) is 12.5 Å².